The molecule has 4 heteroatoms. The van der Waals surface area contributed by atoms with Crippen LogP contribution in [0.1, 0.15) is 5.82 Å². The number of hydrogen-bond donors (Lipinski definition) is 0. The van der Waals surface area contributed by atoms with Crippen LogP contribution in [0.3, 0.4) is 0 Å². The van der Waals surface area contributed by atoms with E-state index in [1.807, 2.05) is 51.0 Å². The summed E-state index contributed by atoms with van der Waals surface area (Å²) in [6.07, 6.45) is 0. The molecule has 0 spiro atoms. The van der Waals surface area contributed by atoms with Crippen molar-refractivity contribution >= 4 is 11.6 Å². The van der Waals surface area contributed by atoms with E-state index in [1.54, 1.807) is 0 Å². The summed E-state index contributed by atoms with van der Waals surface area (Å²) in [7, 11) is 7.89. The number of nitrogens with zero attached hydrogens (tertiary/aromatic N) is 4. The van der Waals surface area contributed by atoms with Crippen LogP contribution in [0.2, 0.25) is 0 Å². The molecule has 0 fully saturated rings. The molecular weight excluding hydrogens is 164 g/mol. The normalized spacial score (nSPS) is 9.92. The zero-order chi connectivity index (χ0) is 10.0. The van der Waals surface area contributed by atoms with Crippen molar-refractivity contribution in [3.05, 3.63) is 11.9 Å². The molecule has 1 aromatic heterocycles. The van der Waals surface area contributed by atoms with E-state index in [0.717, 1.165) is 17.5 Å². The molecule has 72 valence electrons. The van der Waals surface area contributed by atoms with Gasteiger partial charge in [0.25, 0.3) is 0 Å². The van der Waals surface area contributed by atoms with Gasteiger partial charge in [-0.1, -0.05) is 0 Å². The van der Waals surface area contributed by atoms with Gasteiger partial charge < -0.3 is 9.80 Å². The van der Waals surface area contributed by atoms with Gasteiger partial charge in [-0.15, -0.1) is 0 Å². The van der Waals surface area contributed by atoms with E-state index in [1.165, 1.54) is 0 Å². The van der Waals surface area contributed by atoms with Crippen LogP contribution in [0, 0.1) is 6.92 Å². The molecule has 1 rings (SSSR count). The van der Waals surface area contributed by atoms with E-state index >= 15 is 0 Å². The van der Waals surface area contributed by atoms with Gasteiger partial charge in [-0.05, 0) is 6.92 Å². The predicted octanol–water partition coefficient (Wildman–Crippen LogP) is 0.917. The minimum absolute atomic E-state index is 0.801. The first kappa shape index (κ1) is 9.77. The van der Waals surface area contributed by atoms with Gasteiger partial charge in [0.1, 0.15) is 17.5 Å². The average Bonchev–Trinajstić information content (AvgIpc) is 2.03. The number of anilines is 2. The fourth-order valence-corrected chi connectivity index (χ4v) is 0.995. The van der Waals surface area contributed by atoms with Gasteiger partial charge in [-0.2, -0.15) is 0 Å². The van der Waals surface area contributed by atoms with Crippen LogP contribution in [-0.2, 0) is 0 Å². The fourth-order valence-electron chi connectivity index (χ4n) is 0.995. The molecule has 1 aromatic rings. The molecule has 0 amide bonds. The van der Waals surface area contributed by atoms with Gasteiger partial charge >= 0.3 is 0 Å². The summed E-state index contributed by atoms with van der Waals surface area (Å²) in [5, 5.41) is 0. The van der Waals surface area contributed by atoms with E-state index in [0.29, 0.717) is 0 Å². The molecule has 0 unspecified atom stereocenters. The lowest BCUT2D eigenvalue weighted by Crippen LogP contribution is -2.16. The topological polar surface area (TPSA) is 32.3 Å². The SMILES string of the molecule is Cc1nc(N(C)C)cc(N(C)C)n1. The Morgan fingerprint density at radius 1 is 0.923 bits per heavy atom. The van der Waals surface area contributed by atoms with E-state index in [4.69, 9.17) is 0 Å². The van der Waals surface area contributed by atoms with Crippen molar-refractivity contribution in [3.8, 4) is 0 Å². The minimum Gasteiger partial charge on any atom is -0.363 e. The number of aromatic nitrogens is 2. The largest absolute Gasteiger partial charge is 0.363 e. The van der Waals surface area contributed by atoms with Crippen LogP contribution in [0.15, 0.2) is 6.07 Å². The minimum atomic E-state index is 0.801. The van der Waals surface area contributed by atoms with Crippen molar-refractivity contribution in [2.45, 2.75) is 6.92 Å². The number of rotatable bonds is 2. The van der Waals surface area contributed by atoms with Crippen LogP contribution in [-0.4, -0.2) is 38.2 Å². The Morgan fingerprint density at radius 2 is 1.31 bits per heavy atom. The molecule has 0 atom stereocenters. The van der Waals surface area contributed by atoms with Crippen LogP contribution in [0.25, 0.3) is 0 Å². The van der Waals surface area contributed by atoms with Crippen LogP contribution in [0.4, 0.5) is 11.6 Å². The van der Waals surface area contributed by atoms with Crippen molar-refractivity contribution < 1.29 is 0 Å². The summed E-state index contributed by atoms with van der Waals surface area (Å²) < 4.78 is 0. The fraction of sp³-hybridized carbons (Fsp3) is 0.556. The zero-order valence-electron chi connectivity index (χ0n) is 8.87. The molecule has 0 bridgehead atoms. The van der Waals surface area contributed by atoms with E-state index in [-0.39, 0.29) is 0 Å². The first-order chi connectivity index (χ1) is 6.00. The van der Waals surface area contributed by atoms with E-state index in [9.17, 15) is 0 Å². The third-order valence-corrected chi connectivity index (χ3v) is 1.73. The van der Waals surface area contributed by atoms with Crippen molar-refractivity contribution in [3.63, 3.8) is 0 Å². The van der Waals surface area contributed by atoms with Crippen LogP contribution in [0.5, 0.6) is 0 Å². The number of aryl methyl sites for hydroxylation is 1. The first-order valence-electron chi connectivity index (χ1n) is 4.21. The number of hydrogen-bond acceptors (Lipinski definition) is 4. The second-order valence-electron chi connectivity index (χ2n) is 3.42. The van der Waals surface area contributed by atoms with Gasteiger partial charge in [0.15, 0.2) is 0 Å². The summed E-state index contributed by atoms with van der Waals surface area (Å²) in [4.78, 5) is 12.6. The smallest absolute Gasteiger partial charge is 0.133 e. The highest BCUT2D eigenvalue weighted by atomic mass is 15.2. The molecule has 4 nitrogen and oxygen atoms in total. The molecule has 0 aliphatic rings. The lowest BCUT2D eigenvalue weighted by molar-refractivity contribution is 0.956. The second-order valence-corrected chi connectivity index (χ2v) is 3.42. The molecule has 0 radical (unpaired) electrons. The lowest BCUT2D eigenvalue weighted by Gasteiger charge is -2.16. The quantitative estimate of drug-likeness (QED) is 0.677. The maximum absolute atomic E-state index is 4.30. The van der Waals surface area contributed by atoms with Gasteiger partial charge in [0.2, 0.25) is 0 Å². The first-order valence-corrected chi connectivity index (χ1v) is 4.21. The van der Waals surface area contributed by atoms with Gasteiger partial charge in [-0.25, -0.2) is 9.97 Å². The third-order valence-electron chi connectivity index (χ3n) is 1.73. The Kier molecular flexibility index (Phi) is 2.70. The van der Waals surface area contributed by atoms with Gasteiger partial charge in [-0.3, -0.25) is 0 Å². The standard InChI is InChI=1S/C9H16N4/c1-7-10-8(12(2)3)6-9(11-7)13(4)5/h6H,1-5H3. The molecule has 0 saturated carbocycles. The monoisotopic (exact) mass is 180 g/mol. The maximum Gasteiger partial charge on any atom is 0.133 e. The molecule has 0 aliphatic carbocycles. The Labute approximate surface area is 79.2 Å². The highest BCUT2D eigenvalue weighted by molar-refractivity contribution is 5.49. The Morgan fingerprint density at radius 3 is 1.62 bits per heavy atom. The molecular formula is C9H16N4. The molecule has 0 saturated heterocycles. The molecule has 0 aromatic carbocycles. The average molecular weight is 180 g/mol. The van der Waals surface area contributed by atoms with Gasteiger partial charge in [0, 0.05) is 34.3 Å². The molecule has 0 aliphatic heterocycles. The predicted molar refractivity (Wildman–Crippen MR) is 55.4 cm³/mol. The summed E-state index contributed by atoms with van der Waals surface area (Å²) in [5.41, 5.74) is 0. The zero-order valence-corrected chi connectivity index (χ0v) is 8.87. The van der Waals surface area contributed by atoms with Crippen LogP contribution >= 0.6 is 0 Å². The van der Waals surface area contributed by atoms with Crippen LogP contribution < -0.4 is 9.80 Å². The summed E-state index contributed by atoms with van der Waals surface area (Å²) in [6, 6.07) is 1.97. The third kappa shape index (κ3) is 2.31. The molecule has 13 heavy (non-hydrogen) atoms. The Bertz CT molecular complexity index is 267. The van der Waals surface area contributed by atoms with Gasteiger partial charge in [0.05, 0.1) is 0 Å². The van der Waals surface area contributed by atoms with Crippen molar-refractivity contribution in [1.82, 2.24) is 9.97 Å². The molecule has 1 heterocycles. The highest BCUT2D eigenvalue weighted by Crippen LogP contribution is 2.14. The maximum atomic E-state index is 4.30. The highest BCUT2D eigenvalue weighted by Gasteiger charge is 2.04. The van der Waals surface area contributed by atoms with Crippen molar-refractivity contribution in [2.24, 2.45) is 0 Å². The van der Waals surface area contributed by atoms with Crippen molar-refractivity contribution in [2.75, 3.05) is 38.0 Å². The molecule has 0 N–H and O–H groups in total. The second kappa shape index (κ2) is 3.60. The summed E-state index contributed by atoms with van der Waals surface area (Å²) in [6.45, 7) is 1.90. The Hall–Kier alpha value is -1.32. The van der Waals surface area contributed by atoms with Crippen molar-refractivity contribution in [1.29, 1.82) is 0 Å². The van der Waals surface area contributed by atoms with E-state index in [2.05, 4.69) is 9.97 Å². The Balaban J connectivity index is 3.11. The lowest BCUT2D eigenvalue weighted by atomic mass is 10.4. The van der Waals surface area contributed by atoms with E-state index < -0.39 is 0 Å². The summed E-state index contributed by atoms with van der Waals surface area (Å²) in [5.74, 6) is 2.68. The summed E-state index contributed by atoms with van der Waals surface area (Å²) >= 11 is 0.